The number of hydrogen-bond acceptors (Lipinski definition) is 3. The molecule has 0 saturated heterocycles. The predicted molar refractivity (Wildman–Crippen MR) is 57.5 cm³/mol. The lowest BCUT2D eigenvalue weighted by molar-refractivity contribution is 1.03. The molecule has 0 heterocycles. The maximum absolute atomic E-state index is 8.75. The third-order valence-corrected chi connectivity index (χ3v) is 2.54. The van der Waals surface area contributed by atoms with E-state index < -0.39 is 0 Å². The van der Waals surface area contributed by atoms with E-state index in [1.54, 1.807) is 0 Å². The molecule has 1 atom stereocenters. The molecule has 0 aliphatic heterocycles. The quantitative estimate of drug-likeness (QED) is 0.708. The molecule has 1 aromatic rings. The molecule has 70 valence electrons. The van der Waals surface area contributed by atoms with Crippen molar-refractivity contribution in [3.05, 3.63) is 35.4 Å². The number of hydrogen-bond donors (Lipinski definition) is 0. The second-order valence-corrected chi connectivity index (χ2v) is 4.00. The molecule has 1 aromatic carbocycles. The van der Waals surface area contributed by atoms with Gasteiger partial charge in [-0.25, -0.2) is 0 Å². The molecule has 1 unspecified atom stereocenters. The Kier molecular flexibility index (Phi) is 4.04. The minimum absolute atomic E-state index is 0.261. The molecule has 0 aromatic heterocycles. The summed E-state index contributed by atoms with van der Waals surface area (Å²) >= 11 is 1.02. The van der Waals surface area contributed by atoms with Crippen LogP contribution in [0.25, 0.3) is 0 Å². The van der Waals surface area contributed by atoms with E-state index in [-0.39, 0.29) is 5.25 Å². The van der Waals surface area contributed by atoms with Gasteiger partial charge in [-0.1, -0.05) is 29.8 Å². The zero-order valence-electron chi connectivity index (χ0n) is 7.90. The maximum Gasteiger partial charge on any atom is 0.134 e. The van der Waals surface area contributed by atoms with Crippen LogP contribution < -0.4 is 0 Å². The van der Waals surface area contributed by atoms with Crippen molar-refractivity contribution in [3.8, 4) is 11.5 Å². The first-order valence-electron chi connectivity index (χ1n) is 4.26. The number of nitriles is 2. The van der Waals surface area contributed by atoms with Crippen LogP contribution >= 0.6 is 11.8 Å². The zero-order chi connectivity index (χ0) is 10.4. The van der Waals surface area contributed by atoms with E-state index in [1.807, 2.05) is 36.6 Å². The van der Waals surface area contributed by atoms with Gasteiger partial charge in [-0.2, -0.15) is 10.5 Å². The van der Waals surface area contributed by atoms with E-state index in [4.69, 9.17) is 10.5 Å². The van der Waals surface area contributed by atoms with Crippen LogP contribution in [0, 0.1) is 28.9 Å². The third kappa shape index (κ3) is 3.12. The SMILES string of the molecule is Cc1ccc(CC(C#N)SC#N)cc1. The van der Waals surface area contributed by atoms with E-state index in [9.17, 15) is 0 Å². The smallest absolute Gasteiger partial charge is 0.134 e. The lowest BCUT2D eigenvalue weighted by Crippen LogP contribution is -2.02. The minimum Gasteiger partial charge on any atom is -0.197 e. The molecule has 3 heteroatoms. The van der Waals surface area contributed by atoms with Gasteiger partial charge in [0, 0.05) is 0 Å². The standard InChI is InChI=1S/C11H10N2S/c1-9-2-4-10(5-3-9)6-11(7-12)14-8-13/h2-5,11H,6H2,1H3. The van der Waals surface area contributed by atoms with Gasteiger partial charge in [-0.05, 0) is 30.7 Å². The van der Waals surface area contributed by atoms with Gasteiger partial charge in [0.1, 0.15) is 10.7 Å². The number of benzene rings is 1. The van der Waals surface area contributed by atoms with E-state index in [0.29, 0.717) is 6.42 Å². The fraction of sp³-hybridized carbons (Fsp3) is 0.273. The largest absolute Gasteiger partial charge is 0.197 e. The molecule has 0 amide bonds. The van der Waals surface area contributed by atoms with Crippen LogP contribution in [0.2, 0.25) is 0 Å². The molecular weight excluding hydrogens is 192 g/mol. The highest BCUT2D eigenvalue weighted by atomic mass is 32.2. The average Bonchev–Trinajstić information content (AvgIpc) is 2.20. The monoisotopic (exact) mass is 202 g/mol. The molecule has 0 fully saturated rings. The summed E-state index contributed by atoms with van der Waals surface area (Å²) in [5.74, 6) is 0. The molecule has 0 spiro atoms. The highest BCUT2D eigenvalue weighted by Gasteiger charge is 2.08. The van der Waals surface area contributed by atoms with Gasteiger partial charge in [0.25, 0.3) is 0 Å². The van der Waals surface area contributed by atoms with Crippen LogP contribution in [0.5, 0.6) is 0 Å². The number of nitrogens with zero attached hydrogens (tertiary/aromatic N) is 2. The van der Waals surface area contributed by atoms with Gasteiger partial charge in [0.2, 0.25) is 0 Å². The first kappa shape index (κ1) is 10.6. The van der Waals surface area contributed by atoms with Crippen molar-refractivity contribution in [1.29, 1.82) is 10.5 Å². The van der Waals surface area contributed by atoms with Crippen molar-refractivity contribution in [3.63, 3.8) is 0 Å². The Hall–Kier alpha value is -1.45. The summed E-state index contributed by atoms with van der Waals surface area (Å²) in [5, 5.41) is 18.9. The lowest BCUT2D eigenvalue weighted by atomic mass is 10.1. The van der Waals surface area contributed by atoms with Crippen molar-refractivity contribution >= 4 is 11.8 Å². The van der Waals surface area contributed by atoms with Crippen molar-refractivity contribution in [2.24, 2.45) is 0 Å². The Morgan fingerprint density at radius 3 is 2.43 bits per heavy atom. The van der Waals surface area contributed by atoms with Crippen molar-refractivity contribution in [1.82, 2.24) is 0 Å². The topological polar surface area (TPSA) is 47.6 Å². The average molecular weight is 202 g/mol. The van der Waals surface area contributed by atoms with E-state index >= 15 is 0 Å². The molecule has 0 bridgehead atoms. The van der Waals surface area contributed by atoms with Gasteiger partial charge in [-0.3, -0.25) is 0 Å². The highest BCUT2D eigenvalue weighted by Crippen LogP contribution is 2.15. The van der Waals surface area contributed by atoms with E-state index in [1.165, 1.54) is 5.56 Å². The Morgan fingerprint density at radius 2 is 1.93 bits per heavy atom. The predicted octanol–water partition coefficient (Wildman–Crippen LogP) is 2.64. The lowest BCUT2D eigenvalue weighted by Gasteiger charge is -2.03. The number of aryl methyl sites for hydroxylation is 1. The molecule has 0 N–H and O–H groups in total. The van der Waals surface area contributed by atoms with Crippen LogP contribution in [-0.4, -0.2) is 5.25 Å². The number of thioether (sulfide) groups is 1. The minimum atomic E-state index is -0.261. The summed E-state index contributed by atoms with van der Waals surface area (Å²) in [4.78, 5) is 0. The Balaban J connectivity index is 2.65. The zero-order valence-corrected chi connectivity index (χ0v) is 8.71. The summed E-state index contributed by atoms with van der Waals surface area (Å²) in [6.07, 6.45) is 0.634. The van der Waals surface area contributed by atoms with E-state index in [2.05, 4.69) is 6.07 Å². The maximum atomic E-state index is 8.75. The summed E-state index contributed by atoms with van der Waals surface area (Å²) < 4.78 is 0. The van der Waals surface area contributed by atoms with Gasteiger partial charge in [0.05, 0.1) is 6.07 Å². The van der Waals surface area contributed by atoms with Crippen LogP contribution in [0.3, 0.4) is 0 Å². The van der Waals surface area contributed by atoms with Crippen LogP contribution in [0.1, 0.15) is 11.1 Å². The second-order valence-electron chi connectivity index (χ2n) is 3.02. The Labute approximate surface area is 88.2 Å². The fourth-order valence-electron chi connectivity index (χ4n) is 1.12. The van der Waals surface area contributed by atoms with E-state index in [0.717, 1.165) is 17.3 Å². The summed E-state index contributed by atoms with van der Waals surface area (Å²) in [5.41, 5.74) is 2.31. The highest BCUT2D eigenvalue weighted by molar-refractivity contribution is 8.04. The van der Waals surface area contributed by atoms with Gasteiger partial charge >= 0.3 is 0 Å². The fourth-order valence-corrected chi connectivity index (χ4v) is 1.57. The third-order valence-electron chi connectivity index (χ3n) is 1.88. The number of thiocyanates is 1. The first-order chi connectivity index (χ1) is 6.76. The molecule has 2 nitrogen and oxygen atoms in total. The summed E-state index contributed by atoms with van der Waals surface area (Å²) in [6, 6.07) is 10.1. The number of rotatable bonds is 3. The molecule has 0 saturated carbocycles. The summed E-state index contributed by atoms with van der Waals surface area (Å²) in [7, 11) is 0. The molecule has 0 radical (unpaired) electrons. The molecule has 1 rings (SSSR count). The first-order valence-corrected chi connectivity index (χ1v) is 5.14. The van der Waals surface area contributed by atoms with Gasteiger partial charge in [0.15, 0.2) is 0 Å². The van der Waals surface area contributed by atoms with Crippen LogP contribution in [0.15, 0.2) is 24.3 Å². The normalized spacial score (nSPS) is 11.4. The van der Waals surface area contributed by atoms with Gasteiger partial charge in [-0.15, -0.1) is 0 Å². The molecule has 0 aliphatic carbocycles. The molecule has 0 aliphatic rings. The van der Waals surface area contributed by atoms with Crippen LogP contribution in [0.4, 0.5) is 0 Å². The Morgan fingerprint density at radius 1 is 1.29 bits per heavy atom. The van der Waals surface area contributed by atoms with Crippen LogP contribution in [-0.2, 0) is 6.42 Å². The van der Waals surface area contributed by atoms with Crippen molar-refractivity contribution in [2.75, 3.05) is 0 Å². The molecular formula is C11H10N2S. The van der Waals surface area contributed by atoms with Crippen molar-refractivity contribution in [2.45, 2.75) is 18.6 Å². The molecule has 14 heavy (non-hydrogen) atoms. The Bertz CT molecular complexity index is 370. The summed E-state index contributed by atoms with van der Waals surface area (Å²) in [6.45, 7) is 2.02. The van der Waals surface area contributed by atoms with Gasteiger partial charge < -0.3 is 0 Å². The van der Waals surface area contributed by atoms with Crippen molar-refractivity contribution < 1.29 is 0 Å². The second kappa shape index (κ2) is 5.32.